The molecule has 1 atom stereocenters. The lowest BCUT2D eigenvalue weighted by atomic mass is 10.1. The molecule has 0 aromatic heterocycles. The number of amides is 1. The number of carbonyl (C=O) groups is 4. The number of aldehydes is 3. The molecule has 0 saturated heterocycles. The van der Waals surface area contributed by atoms with Crippen LogP contribution in [0.2, 0.25) is 0 Å². The van der Waals surface area contributed by atoms with Crippen LogP contribution in [0.25, 0.3) is 0 Å². The Morgan fingerprint density at radius 2 is 1.50 bits per heavy atom. The quantitative estimate of drug-likeness (QED) is 0.152. The van der Waals surface area contributed by atoms with Gasteiger partial charge in [-0.15, -0.1) is 0 Å². The molecule has 0 aliphatic carbocycles. The number of carbonyl (C=O) groups excluding carboxylic acids is 4. The second-order valence-electron chi connectivity index (χ2n) is 7.48. The summed E-state index contributed by atoms with van der Waals surface area (Å²) in [4.78, 5) is 45.4. The van der Waals surface area contributed by atoms with Crippen molar-refractivity contribution in [3.8, 4) is 5.75 Å². The van der Waals surface area contributed by atoms with Crippen LogP contribution in [0, 0.1) is 0 Å². The molecule has 1 rings (SSSR count). The van der Waals surface area contributed by atoms with E-state index in [1.54, 1.807) is 6.07 Å². The Bertz CT molecular complexity index is 761. The molecule has 0 fully saturated rings. The van der Waals surface area contributed by atoms with Gasteiger partial charge in [-0.25, -0.2) is 0 Å². The van der Waals surface area contributed by atoms with Gasteiger partial charge in [-0.3, -0.25) is 9.59 Å². The zero-order valence-electron chi connectivity index (χ0n) is 20.9. The number of hydrogen-bond acceptors (Lipinski definition) is 10. The summed E-state index contributed by atoms with van der Waals surface area (Å²) in [7, 11) is 0. The molecule has 0 aliphatic rings. The highest BCUT2D eigenvalue weighted by Gasteiger charge is 2.17. The fraction of sp³-hybridized carbons (Fsp3) is 0.600. The minimum absolute atomic E-state index is 0.0806. The molecule has 202 valence electrons. The van der Waals surface area contributed by atoms with Crippen molar-refractivity contribution in [2.24, 2.45) is 0 Å². The zero-order chi connectivity index (χ0) is 26.3. The smallest absolute Gasteiger partial charge is 0.252 e. The van der Waals surface area contributed by atoms with Crippen molar-refractivity contribution < 1.29 is 42.9 Å². The molecule has 0 spiro atoms. The topological polar surface area (TPSA) is 138 Å². The average molecular weight is 511 g/mol. The standard InChI is InChI=1S/C25H38N2O9/c1-2-26-7-9-32-10-11-33-12-13-34-14-15-35-16-17-36-23-6-5-21(19-29)24(18-23)25(31)27-22(20-30)4-3-8-28/h5-6,8,18-20,22,26H,2-4,7,9-17H2,1H3,(H,27,31). The van der Waals surface area contributed by atoms with Gasteiger partial charge in [-0.2, -0.15) is 0 Å². The summed E-state index contributed by atoms with van der Waals surface area (Å²) in [6.07, 6.45) is 2.10. The summed E-state index contributed by atoms with van der Waals surface area (Å²) >= 11 is 0. The average Bonchev–Trinajstić information content (AvgIpc) is 2.90. The first-order valence-electron chi connectivity index (χ1n) is 12.1. The van der Waals surface area contributed by atoms with E-state index < -0.39 is 11.9 Å². The van der Waals surface area contributed by atoms with Crippen molar-refractivity contribution in [2.75, 3.05) is 72.6 Å². The Balaban J connectivity index is 2.19. The molecular formula is C25H38N2O9. The highest BCUT2D eigenvalue weighted by molar-refractivity contribution is 6.02. The molecule has 11 nitrogen and oxygen atoms in total. The van der Waals surface area contributed by atoms with Gasteiger partial charge in [0.05, 0.1) is 64.5 Å². The van der Waals surface area contributed by atoms with Gasteiger partial charge >= 0.3 is 0 Å². The summed E-state index contributed by atoms with van der Waals surface area (Å²) in [6, 6.07) is 3.64. The normalized spacial score (nSPS) is 11.6. The van der Waals surface area contributed by atoms with Gasteiger partial charge in [0.2, 0.25) is 0 Å². The Kier molecular flexibility index (Phi) is 18.8. The molecule has 0 heterocycles. The van der Waals surface area contributed by atoms with E-state index in [1.165, 1.54) is 12.1 Å². The van der Waals surface area contributed by atoms with Crippen LogP contribution in [-0.2, 0) is 28.5 Å². The van der Waals surface area contributed by atoms with Crippen molar-refractivity contribution >= 4 is 24.8 Å². The SMILES string of the molecule is CCNCCOCCOCCOCCOCCOc1ccc(C=O)c(C(=O)NC(C=O)CCC=O)c1. The molecule has 1 unspecified atom stereocenters. The summed E-state index contributed by atoms with van der Waals surface area (Å²) in [5.41, 5.74) is 0.242. The maximum absolute atomic E-state index is 12.5. The van der Waals surface area contributed by atoms with E-state index in [4.69, 9.17) is 23.7 Å². The van der Waals surface area contributed by atoms with Gasteiger partial charge in [0.1, 0.15) is 24.9 Å². The van der Waals surface area contributed by atoms with E-state index in [0.29, 0.717) is 77.5 Å². The molecule has 0 aliphatic heterocycles. The number of hydrogen-bond donors (Lipinski definition) is 2. The van der Waals surface area contributed by atoms with Gasteiger partial charge < -0.3 is 43.9 Å². The fourth-order valence-electron chi connectivity index (χ4n) is 2.89. The molecule has 1 amide bonds. The molecule has 0 radical (unpaired) electrons. The van der Waals surface area contributed by atoms with Gasteiger partial charge in [0.15, 0.2) is 6.29 Å². The van der Waals surface area contributed by atoms with Crippen molar-refractivity contribution in [2.45, 2.75) is 25.8 Å². The van der Waals surface area contributed by atoms with E-state index in [0.717, 1.165) is 13.1 Å². The third kappa shape index (κ3) is 14.6. The Morgan fingerprint density at radius 3 is 2.06 bits per heavy atom. The summed E-state index contributed by atoms with van der Waals surface area (Å²) in [6.45, 7) is 7.86. The molecule has 1 aromatic rings. The van der Waals surface area contributed by atoms with E-state index >= 15 is 0 Å². The Morgan fingerprint density at radius 1 is 0.889 bits per heavy atom. The van der Waals surface area contributed by atoms with Crippen LogP contribution in [0.15, 0.2) is 18.2 Å². The first-order valence-corrected chi connectivity index (χ1v) is 12.1. The van der Waals surface area contributed by atoms with E-state index in [9.17, 15) is 19.2 Å². The molecule has 0 bridgehead atoms. The molecule has 11 heteroatoms. The number of rotatable bonds is 24. The number of nitrogens with one attached hydrogen (secondary N) is 2. The van der Waals surface area contributed by atoms with Crippen LogP contribution in [0.4, 0.5) is 0 Å². The van der Waals surface area contributed by atoms with Crippen LogP contribution >= 0.6 is 0 Å². The Hall–Kier alpha value is -2.70. The molecule has 2 N–H and O–H groups in total. The van der Waals surface area contributed by atoms with E-state index in [2.05, 4.69) is 10.6 Å². The lowest BCUT2D eigenvalue weighted by molar-refractivity contribution is -0.110. The second-order valence-corrected chi connectivity index (χ2v) is 7.48. The summed E-state index contributed by atoms with van der Waals surface area (Å²) in [5.74, 6) is -0.219. The monoisotopic (exact) mass is 510 g/mol. The largest absolute Gasteiger partial charge is 0.491 e. The molecule has 1 aromatic carbocycles. The summed E-state index contributed by atoms with van der Waals surface area (Å²) in [5, 5.41) is 5.68. The van der Waals surface area contributed by atoms with Crippen LogP contribution < -0.4 is 15.4 Å². The second kappa shape index (κ2) is 21.6. The number of benzene rings is 1. The van der Waals surface area contributed by atoms with Gasteiger partial charge in [-0.05, 0) is 31.2 Å². The number of ether oxygens (including phenoxy) is 5. The summed E-state index contributed by atoms with van der Waals surface area (Å²) < 4.78 is 27.3. The van der Waals surface area contributed by atoms with Crippen molar-refractivity contribution in [1.29, 1.82) is 0 Å². The van der Waals surface area contributed by atoms with Crippen molar-refractivity contribution in [3.05, 3.63) is 29.3 Å². The highest BCUT2D eigenvalue weighted by Crippen LogP contribution is 2.17. The van der Waals surface area contributed by atoms with Crippen LogP contribution in [0.3, 0.4) is 0 Å². The predicted molar refractivity (Wildman–Crippen MR) is 132 cm³/mol. The van der Waals surface area contributed by atoms with Crippen molar-refractivity contribution in [1.82, 2.24) is 10.6 Å². The fourth-order valence-corrected chi connectivity index (χ4v) is 2.89. The lowest BCUT2D eigenvalue weighted by Gasteiger charge is -2.14. The van der Waals surface area contributed by atoms with Crippen LogP contribution in [0.5, 0.6) is 5.75 Å². The first-order chi connectivity index (χ1) is 17.7. The van der Waals surface area contributed by atoms with Gasteiger partial charge in [0, 0.05) is 18.5 Å². The maximum Gasteiger partial charge on any atom is 0.252 e. The molecule has 36 heavy (non-hydrogen) atoms. The lowest BCUT2D eigenvalue weighted by Crippen LogP contribution is -2.36. The molecule has 0 saturated carbocycles. The van der Waals surface area contributed by atoms with E-state index in [1.807, 2.05) is 6.92 Å². The van der Waals surface area contributed by atoms with Crippen LogP contribution in [0.1, 0.15) is 40.5 Å². The van der Waals surface area contributed by atoms with Gasteiger partial charge in [0.25, 0.3) is 5.91 Å². The maximum atomic E-state index is 12.5. The third-order valence-electron chi connectivity index (χ3n) is 4.76. The van der Waals surface area contributed by atoms with Crippen LogP contribution in [-0.4, -0.2) is 103 Å². The molecular weight excluding hydrogens is 472 g/mol. The zero-order valence-corrected chi connectivity index (χ0v) is 20.9. The number of likely N-dealkylation sites (N-methyl/N-ethyl adjacent to an activating group) is 1. The first kappa shape index (κ1) is 31.3. The highest BCUT2D eigenvalue weighted by atomic mass is 16.6. The van der Waals surface area contributed by atoms with E-state index in [-0.39, 0.29) is 30.6 Å². The minimum Gasteiger partial charge on any atom is -0.491 e. The van der Waals surface area contributed by atoms with Crippen molar-refractivity contribution in [3.63, 3.8) is 0 Å². The third-order valence-corrected chi connectivity index (χ3v) is 4.76. The van der Waals surface area contributed by atoms with Gasteiger partial charge in [-0.1, -0.05) is 6.92 Å². The predicted octanol–water partition coefficient (Wildman–Crippen LogP) is 0.830. The minimum atomic E-state index is -0.818. The Labute approximate surface area is 212 Å².